The van der Waals surface area contributed by atoms with Gasteiger partial charge in [-0.15, -0.1) is 0 Å². The number of carbonyl (C=O) groups excluding carboxylic acids is 1. The number of nitrogens with zero attached hydrogens (tertiary/aromatic N) is 1. The van der Waals surface area contributed by atoms with E-state index in [1.165, 1.54) is 4.31 Å². The zero-order valence-electron chi connectivity index (χ0n) is 18.9. The maximum absolute atomic E-state index is 13.0. The van der Waals surface area contributed by atoms with Gasteiger partial charge in [-0.25, -0.2) is 0 Å². The molecule has 0 aromatic heterocycles. The second-order valence-corrected chi connectivity index (χ2v) is 10.7. The first-order chi connectivity index (χ1) is 15.8. The van der Waals surface area contributed by atoms with Crippen molar-refractivity contribution < 1.29 is 17.9 Å². The Morgan fingerprint density at radius 2 is 1.94 bits per heavy atom. The van der Waals surface area contributed by atoms with Gasteiger partial charge in [0.1, 0.15) is 6.10 Å². The van der Waals surface area contributed by atoms with E-state index in [2.05, 4.69) is 4.72 Å². The number of nitrogens with one attached hydrogen (secondary N) is 1. The van der Waals surface area contributed by atoms with Gasteiger partial charge < -0.3 is 4.74 Å². The third-order valence-corrected chi connectivity index (χ3v) is 7.89. The maximum Gasteiger partial charge on any atom is 0.302 e. The van der Waals surface area contributed by atoms with Gasteiger partial charge >= 0.3 is 10.2 Å². The Bertz CT molecular complexity index is 1160. The van der Waals surface area contributed by atoms with Crippen LogP contribution >= 0.6 is 11.6 Å². The van der Waals surface area contributed by atoms with Crippen molar-refractivity contribution in [3.05, 3.63) is 81.5 Å². The number of halogens is 1. The van der Waals surface area contributed by atoms with Crippen molar-refractivity contribution >= 4 is 27.6 Å². The van der Waals surface area contributed by atoms with Gasteiger partial charge in [-0.2, -0.15) is 13.1 Å². The summed E-state index contributed by atoms with van der Waals surface area (Å²) < 4.78 is 35.8. The molecular formula is C25H29ClN2O4S. The zero-order valence-corrected chi connectivity index (χ0v) is 20.5. The Labute approximate surface area is 200 Å². The lowest BCUT2D eigenvalue weighted by Crippen LogP contribution is -2.44. The minimum absolute atomic E-state index is 0.0144. The van der Waals surface area contributed by atoms with Crippen molar-refractivity contribution in [2.45, 2.75) is 58.2 Å². The van der Waals surface area contributed by atoms with Gasteiger partial charge in [0, 0.05) is 23.4 Å². The summed E-state index contributed by atoms with van der Waals surface area (Å²) in [6, 6.07) is 12.2. The first kappa shape index (κ1) is 24.0. The number of hydrogen-bond acceptors (Lipinski definition) is 4. The van der Waals surface area contributed by atoms with Crippen LogP contribution in [0.4, 0.5) is 0 Å². The van der Waals surface area contributed by atoms with E-state index < -0.39 is 16.3 Å². The number of ether oxygens (including phenoxy) is 1. The van der Waals surface area contributed by atoms with Gasteiger partial charge in [0.2, 0.25) is 0 Å². The summed E-state index contributed by atoms with van der Waals surface area (Å²) in [6.45, 7) is 4.73. The summed E-state index contributed by atoms with van der Waals surface area (Å²) in [6.07, 6.45) is 4.72. The van der Waals surface area contributed by atoms with Crippen LogP contribution in [0.3, 0.4) is 0 Å². The number of hydrogen-bond donors (Lipinski definition) is 1. The Morgan fingerprint density at radius 1 is 1.18 bits per heavy atom. The molecule has 2 aliphatic rings. The largest absolute Gasteiger partial charge is 0.370 e. The van der Waals surface area contributed by atoms with E-state index >= 15 is 0 Å². The molecule has 2 aromatic rings. The highest BCUT2D eigenvalue weighted by molar-refractivity contribution is 7.87. The van der Waals surface area contributed by atoms with Gasteiger partial charge in [0.15, 0.2) is 5.78 Å². The molecule has 1 saturated heterocycles. The van der Waals surface area contributed by atoms with Crippen LogP contribution in [0.25, 0.3) is 0 Å². The second-order valence-electron chi connectivity index (χ2n) is 8.60. The highest BCUT2D eigenvalue weighted by Gasteiger charge is 2.33. The van der Waals surface area contributed by atoms with E-state index in [1.807, 2.05) is 32.0 Å². The lowest BCUT2D eigenvalue weighted by molar-refractivity contribution is 0.0186. The van der Waals surface area contributed by atoms with Gasteiger partial charge in [-0.05, 0) is 60.9 Å². The number of Topliss-reactive ketones (excluding diaryl/α,β-unsaturated/α-hetero) is 1. The molecule has 0 aliphatic carbocycles. The predicted octanol–water partition coefficient (Wildman–Crippen LogP) is 5.09. The van der Waals surface area contributed by atoms with Crippen molar-refractivity contribution in [1.29, 1.82) is 0 Å². The molecule has 2 aromatic carbocycles. The molecule has 1 fully saturated rings. The Hall–Kier alpha value is -2.19. The minimum atomic E-state index is -3.77. The molecule has 0 bridgehead atoms. The SMILES string of the molecule is CCC1=CN(Cc2ccc(C(=O)C3CCCCO3)cc2)S(=O)(=O)NC1c1ccc(C)cc1Cl. The monoisotopic (exact) mass is 488 g/mol. The molecule has 176 valence electrons. The summed E-state index contributed by atoms with van der Waals surface area (Å²) >= 11 is 6.43. The van der Waals surface area contributed by atoms with Gasteiger partial charge in [0.25, 0.3) is 0 Å². The van der Waals surface area contributed by atoms with Gasteiger partial charge in [-0.3, -0.25) is 9.10 Å². The molecule has 2 atom stereocenters. The second kappa shape index (κ2) is 9.97. The fraction of sp³-hybridized carbons (Fsp3) is 0.400. The third-order valence-electron chi connectivity index (χ3n) is 6.18. The van der Waals surface area contributed by atoms with Crippen molar-refractivity contribution in [2.75, 3.05) is 6.61 Å². The standard InChI is InChI=1S/C25H29ClN2O4S/c1-3-19-16-28(33(30,31)27-24(19)21-12-7-17(2)14-22(21)26)15-18-8-10-20(11-9-18)25(29)23-6-4-5-13-32-23/h7-12,14,16,23-24,27H,3-6,13,15H2,1-2H3. The molecule has 0 amide bonds. The number of rotatable bonds is 6. The van der Waals surface area contributed by atoms with Crippen LogP contribution in [-0.4, -0.2) is 31.2 Å². The van der Waals surface area contributed by atoms with Crippen molar-refractivity contribution in [2.24, 2.45) is 0 Å². The van der Waals surface area contributed by atoms with E-state index in [-0.39, 0.29) is 18.4 Å². The van der Waals surface area contributed by atoms with Gasteiger partial charge in [0.05, 0.1) is 12.6 Å². The molecule has 1 N–H and O–H groups in total. The third kappa shape index (κ3) is 5.32. The molecule has 6 nitrogen and oxygen atoms in total. The van der Waals surface area contributed by atoms with Crippen LogP contribution in [0.1, 0.15) is 65.7 Å². The first-order valence-electron chi connectivity index (χ1n) is 11.3. The molecule has 2 heterocycles. The van der Waals surface area contributed by atoms with Crippen molar-refractivity contribution in [3.8, 4) is 0 Å². The fourth-order valence-electron chi connectivity index (χ4n) is 4.26. The first-order valence-corrected chi connectivity index (χ1v) is 13.1. The summed E-state index contributed by atoms with van der Waals surface area (Å²) in [5, 5.41) is 0.540. The smallest absolute Gasteiger partial charge is 0.302 e. The van der Waals surface area contributed by atoms with E-state index in [0.717, 1.165) is 41.5 Å². The molecule has 4 rings (SSSR count). The highest BCUT2D eigenvalue weighted by atomic mass is 35.5. The van der Waals surface area contributed by atoms with Crippen LogP contribution in [0.5, 0.6) is 0 Å². The lowest BCUT2D eigenvalue weighted by Gasteiger charge is -2.33. The molecule has 2 aliphatic heterocycles. The van der Waals surface area contributed by atoms with E-state index in [4.69, 9.17) is 16.3 Å². The van der Waals surface area contributed by atoms with Crippen LogP contribution < -0.4 is 4.72 Å². The van der Waals surface area contributed by atoms with Crippen molar-refractivity contribution in [3.63, 3.8) is 0 Å². The number of carbonyl (C=O) groups is 1. The predicted molar refractivity (Wildman–Crippen MR) is 129 cm³/mol. The van der Waals surface area contributed by atoms with E-state index in [9.17, 15) is 13.2 Å². The number of aryl methyl sites for hydroxylation is 1. The topological polar surface area (TPSA) is 75.7 Å². The molecule has 8 heteroatoms. The molecule has 0 spiro atoms. The Kier molecular flexibility index (Phi) is 7.24. The number of benzene rings is 2. The van der Waals surface area contributed by atoms with Crippen molar-refractivity contribution in [1.82, 2.24) is 9.03 Å². The summed E-state index contributed by atoms with van der Waals surface area (Å²) in [5.74, 6) is -0.0144. The number of ketones is 1. The van der Waals surface area contributed by atoms with Crippen LogP contribution in [0.15, 0.2) is 54.2 Å². The molecule has 33 heavy (non-hydrogen) atoms. The minimum Gasteiger partial charge on any atom is -0.370 e. The van der Waals surface area contributed by atoms with Crippen LogP contribution in [-0.2, 0) is 21.5 Å². The van der Waals surface area contributed by atoms with Gasteiger partial charge in [-0.1, -0.05) is 54.9 Å². The fourth-order valence-corrected chi connectivity index (χ4v) is 5.91. The molecular weight excluding hydrogens is 460 g/mol. The summed E-state index contributed by atoms with van der Waals surface area (Å²) in [4.78, 5) is 12.6. The van der Waals surface area contributed by atoms with E-state index in [0.29, 0.717) is 23.6 Å². The van der Waals surface area contributed by atoms with E-state index in [1.54, 1.807) is 30.5 Å². The lowest BCUT2D eigenvalue weighted by atomic mass is 9.97. The highest BCUT2D eigenvalue weighted by Crippen LogP contribution is 2.35. The average Bonchev–Trinajstić information content (AvgIpc) is 2.81. The quantitative estimate of drug-likeness (QED) is 0.575. The van der Waals surface area contributed by atoms with Crippen LogP contribution in [0, 0.1) is 6.92 Å². The summed E-state index contributed by atoms with van der Waals surface area (Å²) in [7, 11) is -3.77. The Balaban J connectivity index is 1.53. The molecule has 0 saturated carbocycles. The zero-order chi connectivity index (χ0) is 23.6. The molecule has 0 radical (unpaired) electrons. The maximum atomic E-state index is 13.0. The summed E-state index contributed by atoms with van der Waals surface area (Å²) in [5.41, 5.74) is 4.07. The van der Waals surface area contributed by atoms with Crippen LogP contribution in [0.2, 0.25) is 5.02 Å². The Morgan fingerprint density at radius 3 is 2.58 bits per heavy atom. The normalized spacial score (nSPS) is 22.6. The molecule has 2 unspecified atom stereocenters. The average molecular weight is 489 g/mol.